The summed E-state index contributed by atoms with van der Waals surface area (Å²) in [6.07, 6.45) is 3.30. The summed E-state index contributed by atoms with van der Waals surface area (Å²) in [7, 11) is 0. The van der Waals surface area contributed by atoms with Gasteiger partial charge in [-0.25, -0.2) is 0 Å². The second-order valence-electron chi connectivity index (χ2n) is 3.12. The van der Waals surface area contributed by atoms with E-state index in [1.165, 1.54) is 12.1 Å². The lowest BCUT2D eigenvalue weighted by Gasteiger charge is -2.18. The van der Waals surface area contributed by atoms with Crippen molar-refractivity contribution in [1.29, 1.82) is 0 Å². The van der Waals surface area contributed by atoms with E-state index < -0.39 is 0 Å². The van der Waals surface area contributed by atoms with E-state index in [0.29, 0.717) is 0 Å². The molecule has 12 heavy (non-hydrogen) atoms. The van der Waals surface area contributed by atoms with E-state index in [-0.39, 0.29) is 0 Å². The maximum Gasteiger partial charge on any atom is 0.0869 e. The van der Waals surface area contributed by atoms with Crippen LogP contribution in [0.5, 0.6) is 0 Å². The summed E-state index contributed by atoms with van der Waals surface area (Å²) in [6.45, 7) is 8.63. The molecular weight excluding hydrogens is 150 g/mol. The van der Waals surface area contributed by atoms with Crippen LogP contribution < -0.4 is 10.6 Å². The third kappa shape index (κ3) is 2.74. The van der Waals surface area contributed by atoms with Gasteiger partial charge in [-0.15, -0.1) is 0 Å². The van der Waals surface area contributed by atoms with E-state index in [9.17, 15) is 0 Å². The highest BCUT2D eigenvalue weighted by Crippen LogP contribution is 2.06. The summed E-state index contributed by atoms with van der Waals surface area (Å²) in [6, 6.07) is 0. The minimum atomic E-state index is 0.984. The van der Waals surface area contributed by atoms with Gasteiger partial charge < -0.3 is 15.5 Å². The first kappa shape index (κ1) is 9.39. The molecule has 0 unspecified atom stereocenters. The summed E-state index contributed by atoms with van der Waals surface area (Å²) < 4.78 is 0. The average molecular weight is 169 g/mol. The van der Waals surface area contributed by atoms with Gasteiger partial charge in [-0.1, -0.05) is 6.92 Å². The second kappa shape index (κ2) is 5.04. The first-order valence-electron chi connectivity index (χ1n) is 4.70. The lowest BCUT2D eigenvalue weighted by molar-refractivity contribution is 0.355. The first-order valence-corrected chi connectivity index (χ1v) is 4.70. The number of nitrogens with one attached hydrogen (secondary N) is 2. The van der Waals surface area contributed by atoms with Crippen LogP contribution in [0.15, 0.2) is 11.9 Å². The van der Waals surface area contributed by atoms with Gasteiger partial charge in [0.05, 0.1) is 6.67 Å². The SMILES string of the molecule is CCNCCCN1CNC=C1C. The van der Waals surface area contributed by atoms with Gasteiger partial charge in [0.25, 0.3) is 0 Å². The van der Waals surface area contributed by atoms with Gasteiger partial charge in [-0.2, -0.15) is 0 Å². The molecule has 3 nitrogen and oxygen atoms in total. The molecule has 0 fully saturated rings. The smallest absolute Gasteiger partial charge is 0.0869 e. The Bertz CT molecular complexity index is 154. The summed E-state index contributed by atoms with van der Waals surface area (Å²) in [5.74, 6) is 0. The zero-order chi connectivity index (χ0) is 8.81. The van der Waals surface area contributed by atoms with Gasteiger partial charge in [0.1, 0.15) is 0 Å². The highest BCUT2D eigenvalue weighted by atomic mass is 15.3. The first-order chi connectivity index (χ1) is 5.84. The number of rotatable bonds is 5. The van der Waals surface area contributed by atoms with E-state index >= 15 is 0 Å². The lowest BCUT2D eigenvalue weighted by atomic mass is 10.3. The number of nitrogens with zero attached hydrogens (tertiary/aromatic N) is 1. The molecule has 1 rings (SSSR count). The van der Waals surface area contributed by atoms with Crippen molar-refractivity contribution in [2.45, 2.75) is 20.3 Å². The highest BCUT2D eigenvalue weighted by Gasteiger charge is 2.08. The zero-order valence-corrected chi connectivity index (χ0v) is 8.06. The van der Waals surface area contributed by atoms with E-state index in [2.05, 4.69) is 35.6 Å². The van der Waals surface area contributed by atoms with Crippen molar-refractivity contribution >= 4 is 0 Å². The van der Waals surface area contributed by atoms with Crippen LogP contribution in [-0.4, -0.2) is 31.2 Å². The molecule has 0 amide bonds. The Balaban J connectivity index is 2.03. The largest absolute Gasteiger partial charge is 0.372 e. The molecule has 1 aliphatic rings. The number of allylic oxidation sites excluding steroid dienone is 1. The third-order valence-electron chi connectivity index (χ3n) is 2.12. The normalized spacial score (nSPS) is 16.2. The Labute approximate surface area is 74.8 Å². The molecule has 1 heterocycles. The standard InChI is InChI=1S/C9H19N3/c1-3-10-5-4-6-12-8-11-7-9(12)2/h7,10-11H,3-6,8H2,1-2H3. The molecule has 0 aromatic carbocycles. The van der Waals surface area contributed by atoms with E-state index in [0.717, 1.165) is 26.3 Å². The lowest BCUT2D eigenvalue weighted by Crippen LogP contribution is -2.26. The van der Waals surface area contributed by atoms with Gasteiger partial charge in [0, 0.05) is 18.4 Å². The summed E-state index contributed by atoms with van der Waals surface area (Å²) in [5.41, 5.74) is 1.35. The van der Waals surface area contributed by atoms with E-state index in [1.807, 2.05) is 0 Å². The molecule has 3 heteroatoms. The fraction of sp³-hybridized carbons (Fsp3) is 0.778. The average Bonchev–Trinajstić information content (AvgIpc) is 2.46. The molecule has 0 bridgehead atoms. The summed E-state index contributed by atoms with van der Waals surface area (Å²) in [4.78, 5) is 2.36. The molecule has 0 aromatic rings. The maximum atomic E-state index is 3.32. The van der Waals surface area contributed by atoms with Crippen molar-refractivity contribution in [2.24, 2.45) is 0 Å². The molecule has 70 valence electrons. The third-order valence-corrected chi connectivity index (χ3v) is 2.12. The van der Waals surface area contributed by atoms with Crippen LogP contribution in [-0.2, 0) is 0 Å². The van der Waals surface area contributed by atoms with Gasteiger partial charge >= 0.3 is 0 Å². The van der Waals surface area contributed by atoms with Crippen LogP contribution in [0.3, 0.4) is 0 Å². The fourth-order valence-electron chi connectivity index (χ4n) is 1.35. The Morgan fingerprint density at radius 2 is 2.50 bits per heavy atom. The number of hydrogen-bond acceptors (Lipinski definition) is 3. The molecule has 0 saturated heterocycles. The van der Waals surface area contributed by atoms with Crippen LogP contribution in [0.1, 0.15) is 20.3 Å². The molecule has 0 radical (unpaired) electrons. The summed E-state index contributed by atoms with van der Waals surface area (Å²) >= 11 is 0. The van der Waals surface area contributed by atoms with Crippen LogP contribution in [0.25, 0.3) is 0 Å². The van der Waals surface area contributed by atoms with Crippen LogP contribution >= 0.6 is 0 Å². The number of hydrogen-bond donors (Lipinski definition) is 2. The predicted molar refractivity (Wildman–Crippen MR) is 51.6 cm³/mol. The Hall–Kier alpha value is -0.700. The minimum Gasteiger partial charge on any atom is -0.372 e. The van der Waals surface area contributed by atoms with Crippen LogP contribution in [0, 0.1) is 0 Å². The van der Waals surface area contributed by atoms with Crippen molar-refractivity contribution in [1.82, 2.24) is 15.5 Å². The van der Waals surface area contributed by atoms with Gasteiger partial charge in [0.2, 0.25) is 0 Å². The molecule has 2 N–H and O–H groups in total. The quantitative estimate of drug-likeness (QED) is 0.594. The Morgan fingerprint density at radius 1 is 1.67 bits per heavy atom. The topological polar surface area (TPSA) is 27.3 Å². The summed E-state index contributed by atoms with van der Waals surface area (Å²) in [5, 5.41) is 6.53. The van der Waals surface area contributed by atoms with Crippen molar-refractivity contribution in [3.63, 3.8) is 0 Å². The highest BCUT2D eigenvalue weighted by molar-refractivity contribution is 5.01. The Kier molecular flexibility index (Phi) is 3.94. The van der Waals surface area contributed by atoms with Crippen molar-refractivity contribution in [3.8, 4) is 0 Å². The Morgan fingerprint density at radius 3 is 3.08 bits per heavy atom. The fourth-order valence-corrected chi connectivity index (χ4v) is 1.35. The van der Waals surface area contributed by atoms with E-state index in [1.54, 1.807) is 0 Å². The molecule has 0 saturated carbocycles. The monoisotopic (exact) mass is 169 g/mol. The molecule has 0 aromatic heterocycles. The van der Waals surface area contributed by atoms with Crippen LogP contribution in [0.2, 0.25) is 0 Å². The van der Waals surface area contributed by atoms with Crippen LogP contribution in [0.4, 0.5) is 0 Å². The second-order valence-corrected chi connectivity index (χ2v) is 3.12. The molecular formula is C9H19N3. The van der Waals surface area contributed by atoms with Gasteiger partial charge in [-0.3, -0.25) is 0 Å². The van der Waals surface area contributed by atoms with Crippen molar-refractivity contribution in [3.05, 3.63) is 11.9 Å². The maximum absolute atomic E-state index is 3.32. The predicted octanol–water partition coefficient (Wildman–Crippen LogP) is 0.710. The molecule has 0 aliphatic carbocycles. The van der Waals surface area contributed by atoms with Crippen molar-refractivity contribution < 1.29 is 0 Å². The van der Waals surface area contributed by atoms with Gasteiger partial charge in [0.15, 0.2) is 0 Å². The zero-order valence-electron chi connectivity index (χ0n) is 8.06. The minimum absolute atomic E-state index is 0.984. The molecule has 1 aliphatic heterocycles. The molecule has 0 atom stereocenters. The molecule has 0 spiro atoms. The van der Waals surface area contributed by atoms with Crippen molar-refractivity contribution in [2.75, 3.05) is 26.3 Å². The van der Waals surface area contributed by atoms with E-state index in [4.69, 9.17) is 0 Å². The van der Waals surface area contributed by atoms with Gasteiger partial charge in [-0.05, 0) is 26.4 Å².